The topological polar surface area (TPSA) is 88.2 Å². The minimum atomic E-state index is -3.47. The maximum atomic E-state index is 12.5. The molecule has 0 fully saturated rings. The Morgan fingerprint density at radius 1 is 1.08 bits per heavy atom. The summed E-state index contributed by atoms with van der Waals surface area (Å²) in [7, 11) is -3.47. The molecule has 1 heterocycles. The molecule has 25 heavy (non-hydrogen) atoms. The summed E-state index contributed by atoms with van der Waals surface area (Å²) in [5.41, 5.74) is 2.06. The van der Waals surface area contributed by atoms with E-state index in [-0.39, 0.29) is 11.3 Å². The summed E-state index contributed by atoms with van der Waals surface area (Å²) in [6, 6.07) is 13.7. The number of amides is 1. The maximum absolute atomic E-state index is 12.5. The summed E-state index contributed by atoms with van der Waals surface area (Å²) in [5.74, 6) is -0.395. The Kier molecular flexibility index (Phi) is 4.82. The lowest BCUT2D eigenvalue weighted by molar-refractivity contribution is 0.102. The minimum absolute atomic E-state index is 0.238. The first-order valence-electron chi connectivity index (χ1n) is 7.30. The molecule has 6 nitrogen and oxygen atoms in total. The van der Waals surface area contributed by atoms with Crippen LogP contribution < -0.4 is 10.0 Å². The number of aromatic nitrogens is 1. The van der Waals surface area contributed by atoms with Gasteiger partial charge in [0.05, 0.1) is 17.5 Å². The summed E-state index contributed by atoms with van der Waals surface area (Å²) in [5, 5.41) is 5.57. The summed E-state index contributed by atoms with van der Waals surface area (Å²) in [6.45, 7) is 0. The van der Waals surface area contributed by atoms with E-state index in [9.17, 15) is 13.2 Å². The number of rotatable bonds is 5. The van der Waals surface area contributed by atoms with Gasteiger partial charge in [0.15, 0.2) is 0 Å². The van der Waals surface area contributed by atoms with Gasteiger partial charge in [-0.25, -0.2) is 13.4 Å². The first-order valence-corrected chi connectivity index (χ1v) is 10.1. The molecule has 2 aromatic carbocycles. The second kappa shape index (κ2) is 7.04. The normalized spacial score (nSPS) is 11.1. The van der Waals surface area contributed by atoms with Crippen molar-refractivity contribution in [3.8, 4) is 10.6 Å². The van der Waals surface area contributed by atoms with Crippen molar-refractivity contribution in [3.05, 3.63) is 65.7 Å². The van der Waals surface area contributed by atoms with Crippen LogP contribution in [0, 0.1) is 0 Å². The van der Waals surface area contributed by atoms with Crippen LogP contribution in [-0.2, 0) is 10.0 Å². The van der Waals surface area contributed by atoms with E-state index >= 15 is 0 Å². The van der Waals surface area contributed by atoms with Gasteiger partial charge in [0.25, 0.3) is 5.91 Å². The standard InChI is InChI=1S/C17H15N3O3S2/c1-25(22,23)20-15-5-3-2-4-14(15)16(21)19-13-8-6-12(7-9-13)17-18-10-11-24-17/h2-11,20H,1H3,(H,19,21). The Balaban J connectivity index is 1.79. The van der Waals surface area contributed by atoms with E-state index in [1.54, 1.807) is 42.6 Å². The second-order valence-corrected chi connectivity index (χ2v) is 7.93. The number of thiazole rings is 1. The van der Waals surface area contributed by atoms with Crippen LogP contribution in [0.1, 0.15) is 10.4 Å². The average Bonchev–Trinajstić information content (AvgIpc) is 3.09. The monoisotopic (exact) mass is 373 g/mol. The predicted molar refractivity (Wildman–Crippen MR) is 100 cm³/mol. The number of anilines is 2. The number of nitrogens with one attached hydrogen (secondary N) is 2. The maximum Gasteiger partial charge on any atom is 0.257 e. The van der Waals surface area contributed by atoms with E-state index in [1.807, 2.05) is 17.5 Å². The van der Waals surface area contributed by atoms with Gasteiger partial charge in [-0.2, -0.15) is 0 Å². The third-order valence-electron chi connectivity index (χ3n) is 3.29. The van der Waals surface area contributed by atoms with Crippen molar-refractivity contribution in [1.29, 1.82) is 0 Å². The minimum Gasteiger partial charge on any atom is -0.322 e. The lowest BCUT2D eigenvalue weighted by Gasteiger charge is -2.11. The van der Waals surface area contributed by atoms with E-state index in [4.69, 9.17) is 0 Å². The molecule has 128 valence electrons. The van der Waals surface area contributed by atoms with Crippen LogP contribution >= 0.6 is 11.3 Å². The van der Waals surface area contributed by atoms with Gasteiger partial charge in [0, 0.05) is 22.8 Å². The highest BCUT2D eigenvalue weighted by atomic mass is 32.2. The molecule has 3 rings (SSSR count). The smallest absolute Gasteiger partial charge is 0.257 e. The summed E-state index contributed by atoms with van der Waals surface area (Å²) in [4.78, 5) is 16.7. The van der Waals surface area contributed by atoms with Crippen molar-refractivity contribution in [2.24, 2.45) is 0 Å². The van der Waals surface area contributed by atoms with E-state index in [2.05, 4.69) is 15.0 Å². The molecule has 3 aromatic rings. The average molecular weight is 373 g/mol. The van der Waals surface area contributed by atoms with Crippen LogP contribution in [0.3, 0.4) is 0 Å². The molecule has 0 aliphatic rings. The fraction of sp³-hybridized carbons (Fsp3) is 0.0588. The molecule has 0 aliphatic heterocycles. The molecule has 0 saturated carbocycles. The lowest BCUT2D eigenvalue weighted by atomic mass is 10.1. The van der Waals surface area contributed by atoms with Crippen molar-refractivity contribution in [1.82, 2.24) is 4.98 Å². The molecule has 0 saturated heterocycles. The first kappa shape index (κ1) is 17.1. The van der Waals surface area contributed by atoms with Crippen molar-refractivity contribution in [2.45, 2.75) is 0 Å². The molecule has 0 unspecified atom stereocenters. The molecule has 0 atom stereocenters. The molecule has 0 aliphatic carbocycles. The van der Waals surface area contributed by atoms with Crippen LogP contribution in [0.4, 0.5) is 11.4 Å². The van der Waals surface area contributed by atoms with Gasteiger partial charge in [-0.05, 0) is 36.4 Å². The zero-order valence-corrected chi connectivity index (χ0v) is 14.9. The van der Waals surface area contributed by atoms with Gasteiger partial charge in [-0.1, -0.05) is 12.1 Å². The zero-order chi connectivity index (χ0) is 17.9. The van der Waals surface area contributed by atoms with Crippen LogP contribution in [0.15, 0.2) is 60.1 Å². The molecular formula is C17H15N3O3S2. The number of sulfonamides is 1. The molecule has 1 amide bonds. The van der Waals surface area contributed by atoms with Gasteiger partial charge in [-0.15, -0.1) is 11.3 Å². The Morgan fingerprint density at radius 3 is 2.44 bits per heavy atom. The number of para-hydroxylation sites is 1. The third kappa shape index (κ3) is 4.43. The van der Waals surface area contributed by atoms with Gasteiger partial charge in [0.1, 0.15) is 5.01 Å². The lowest BCUT2D eigenvalue weighted by Crippen LogP contribution is -2.17. The molecule has 2 N–H and O–H groups in total. The highest BCUT2D eigenvalue weighted by Crippen LogP contribution is 2.24. The van der Waals surface area contributed by atoms with Gasteiger partial charge >= 0.3 is 0 Å². The Bertz CT molecular complexity index is 982. The summed E-state index contributed by atoms with van der Waals surface area (Å²) >= 11 is 1.54. The van der Waals surface area contributed by atoms with E-state index in [1.165, 1.54) is 11.3 Å². The molecule has 0 spiro atoms. The number of carbonyl (C=O) groups excluding carboxylic acids is 1. The van der Waals surface area contributed by atoms with Gasteiger partial charge in [0.2, 0.25) is 10.0 Å². The van der Waals surface area contributed by atoms with Gasteiger partial charge < -0.3 is 5.32 Å². The molecule has 8 heteroatoms. The fourth-order valence-corrected chi connectivity index (χ4v) is 3.45. The van der Waals surface area contributed by atoms with Crippen molar-refractivity contribution in [3.63, 3.8) is 0 Å². The van der Waals surface area contributed by atoms with Crippen LogP contribution in [0.5, 0.6) is 0 Å². The van der Waals surface area contributed by atoms with E-state index < -0.39 is 15.9 Å². The number of benzene rings is 2. The highest BCUT2D eigenvalue weighted by molar-refractivity contribution is 7.92. The Hall–Kier alpha value is -2.71. The van der Waals surface area contributed by atoms with E-state index in [0.29, 0.717) is 5.69 Å². The second-order valence-electron chi connectivity index (χ2n) is 5.29. The summed E-state index contributed by atoms with van der Waals surface area (Å²) < 4.78 is 25.2. The highest BCUT2D eigenvalue weighted by Gasteiger charge is 2.14. The van der Waals surface area contributed by atoms with Crippen molar-refractivity contribution in [2.75, 3.05) is 16.3 Å². The molecule has 0 bridgehead atoms. The van der Waals surface area contributed by atoms with E-state index in [0.717, 1.165) is 16.8 Å². The first-order chi connectivity index (χ1) is 11.9. The van der Waals surface area contributed by atoms with Crippen LogP contribution in [0.2, 0.25) is 0 Å². The van der Waals surface area contributed by atoms with Gasteiger partial charge in [-0.3, -0.25) is 9.52 Å². The third-order valence-corrected chi connectivity index (χ3v) is 4.70. The van der Waals surface area contributed by atoms with Crippen LogP contribution in [-0.4, -0.2) is 25.6 Å². The number of carbonyl (C=O) groups is 1. The zero-order valence-electron chi connectivity index (χ0n) is 13.3. The number of hydrogen-bond acceptors (Lipinski definition) is 5. The summed E-state index contributed by atoms with van der Waals surface area (Å²) in [6.07, 6.45) is 2.78. The molecule has 0 radical (unpaired) electrons. The SMILES string of the molecule is CS(=O)(=O)Nc1ccccc1C(=O)Nc1ccc(-c2nccs2)cc1. The molecular weight excluding hydrogens is 358 g/mol. The predicted octanol–water partition coefficient (Wildman–Crippen LogP) is 3.43. The number of hydrogen-bond donors (Lipinski definition) is 2. The Labute approximate surface area is 149 Å². The van der Waals surface area contributed by atoms with Crippen molar-refractivity contribution < 1.29 is 13.2 Å². The Morgan fingerprint density at radius 2 is 1.80 bits per heavy atom. The van der Waals surface area contributed by atoms with Crippen LogP contribution in [0.25, 0.3) is 10.6 Å². The van der Waals surface area contributed by atoms with Crippen molar-refractivity contribution >= 4 is 38.6 Å². The fourth-order valence-electron chi connectivity index (χ4n) is 2.23. The number of nitrogens with zero attached hydrogens (tertiary/aromatic N) is 1. The quantitative estimate of drug-likeness (QED) is 0.717. The molecule has 1 aromatic heterocycles. The largest absolute Gasteiger partial charge is 0.322 e.